The summed E-state index contributed by atoms with van der Waals surface area (Å²) in [6, 6.07) is 5.92. The molecule has 0 saturated heterocycles. The van der Waals surface area contributed by atoms with Gasteiger partial charge < -0.3 is 17.8 Å². The predicted octanol–water partition coefficient (Wildman–Crippen LogP) is 3.69. The Balaban J connectivity index is 2.21. The van der Waals surface area contributed by atoms with Gasteiger partial charge in [0.25, 0.3) is 0 Å². The number of hydrogen-bond donors (Lipinski definition) is 0. The van der Waals surface area contributed by atoms with Gasteiger partial charge in [-0.1, -0.05) is 17.7 Å². The molecule has 1 aromatic rings. The maximum absolute atomic E-state index is 12.6. The molecule has 18 heavy (non-hydrogen) atoms. The zero-order chi connectivity index (χ0) is 13.3. The number of rotatable bonds is 3. The fourth-order valence-corrected chi connectivity index (χ4v) is 2.32. The summed E-state index contributed by atoms with van der Waals surface area (Å²) in [6.45, 7) is 0.787. The van der Waals surface area contributed by atoms with Crippen molar-refractivity contribution in [2.45, 2.75) is 19.8 Å². The average molecular weight is 254 g/mol. The van der Waals surface area contributed by atoms with Crippen molar-refractivity contribution in [1.29, 1.82) is 0 Å². The molecule has 0 bridgehead atoms. The Morgan fingerprint density at radius 3 is 2.78 bits per heavy atom. The topological polar surface area (TPSA) is 3.24 Å². The molecule has 0 amide bonds. The lowest BCUT2D eigenvalue weighted by molar-refractivity contribution is 0.487. The molecule has 0 aromatic heterocycles. The second-order valence-corrected chi connectivity index (χ2v) is 4.89. The summed E-state index contributed by atoms with van der Waals surface area (Å²) in [6.07, 6.45) is 1.84. The molecular weight excluding hydrogens is 238 g/mol. The third kappa shape index (κ3) is 2.71. The van der Waals surface area contributed by atoms with Crippen LogP contribution in [0.4, 0.5) is 18.6 Å². The molecule has 0 saturated carbocycles. The molecule has 98 valence electrons. The maximum Gasteiger partial charge on any atom is 0.506 e. The van der Waals surface area contributed by atoms with Crippen molar-refractivity contribution < 1.29 is 12.9 Å². The van der Waals surface area contributed by atoms with E-state index in [1.807, 2.05) is 19.1 Å². The molecule has 0 radical (unpaired) electrons. The maximum atomic E-state index is 12.6. The summed E-state index contributed by atoms with van der Waals surface area (Å²) in [5, 5.41) is 0. The van der Waals surface area contributed by atoms with Crippen molar-refractivity contribution in [1.82, 2.24) is 0 Å². The molecule has 1 aromatic carbocycles. The molecule has 1 nitrogen and oxygen atoms in total. The van der Waals surface area contributed by atoms with Crippen molar-refractivity contribution in [2.75, 3.05) is 18.0 Å². The van der Waals surface area contributed by atoms with Gasteiger partial charge in [-0.2, -0.15) is 0 Å². The van der Waals surface area contributed by atoms with E-state index in [0.29, 0.717) is 6.54 Å². The van der Waals surface area contributed by atoms with Gasteiger partial charge in [-0.3, -0.25) is 0 Å². The van der Waals surface area contributed by atoms with Crippen LogP contribution in [0.3, 0.4) is 0 Å². The van der Waals surface area contributed by atoms with Crippen LogP contribution < -0.4 is 4.90 Å². The van der Waals surface area contributed by atoms with Gasteiger partial charge in [0, 0.05) is 18.8 Å². The molecular formula is C13H16BF3N-. The Morgan fingerprint density at radius 1 is 1.39 bits per heavy atom. The number of benzene rings is 1. The minimum atomic E-state index is -4.94. The quantitative estimate of drug-likeness (QED) is 0.743. The first-order valence-electron chi connectivity index (χ1n) is 6.10. The lowest BCUT2D eigenvalue weighted by atomic mass is 9.80. The lowest BCUT2D eigenvalue weighted by Crippen LogP contribution is -2.36. The van der Waals surface area contributed by atoms with Crippen LogP contribution in [0, 0.1) is 6.92 Å². The Kier molecular flexibility index (Phi) is 3.42. The number of hydrogen-bond acceptors (Lipinski definition) is 1. The highest BCUT2D eigenvalue weighted by Gasteiger charge is 2.29. The van der Waals surface area contributed by atoms with Crippen molar-refractivity contribution in [3.8, 4) is 0 Å². The minimum absolute atomic E-state index is 0.112. The Bertz CT molecular complexity index is 468. The van der Waals surface area contributed by atoms with Crippen molar-refractivity contribution in [2.24, 2.45) is 0 Å². The van der Waals surface area contributed by atoms with Crippen molar-refractivity contribution in [3.63, 3.8) is 0 Å². The van der Waals surface area contributed by atoms with E-state index in [1.54, 1.807) is 4.90 Å². The number of nitrogens with zero attached hydrogens (tertiary/aromatic N) is 1. The monoisotopic (exact) mass is 254 g/mol. The average Bonchev–Trinajstić information content (AvgIpc) is 2.27. The summed E-state index contributed by atoms with van der Waals surface area (Å²) in [7, 11) is 0. The van der Waals surface area contributed by atoms with Gasteiger partial charge in [0.2, 0.25) is 0 Å². The van der Waals surface area contributed by atoms with Gasteiger partial charge in [0.15, 0.2) is 0 Å². The minimum Gasteiger partial charge on any atom is -0.445 e. The van der Waals surface area contributed by atoms with E-state index < -0.39 is 12.4 Å². The Labute approximate surface area is 105 Å². The molecule has 0 spiro atoms. The molecule has 0 aliphatic carbocycles. The number of fused-ring (bicyclic) bond motifs is 1. The molecule has 0 N–H and O–H groups in total. The van der Waals surface area contributed by atoms with Crippen molar-refractivity contribution >= 4 is 12.7 Å². The highest BCUT2D eigenvalue weighted by Crippen LogP contribution is 2.30. The van der Waals surface area contributed by atoms with E-state index in [0.717, 1.165) is 29.7 Å². The van der Waals surface area contributed by atoms with Gasteiger partial charge in [-0.05, 0) is 31.4 Å². The van der Waals surface area contributed by atoms with Crippen LogP contribution in [0.5, 0.6) is 0 Å². The van der Waals surface area contributed by atoms with Crippen molar-refractivity contribution in [3.05, 3.63) is 41.4 Å². The van der Waals surface area contributed by atoms with Crippen LogP contribution in [0.15, 0.2) is 30.3 Å². The smallest absolute Gasteiger partial charge is 0.445 e. The molecule has 1 aliphatic rings. The standard InChI is InChI=1S/C13H16BF3N/c1-10-5-6-13-12(8-10)4-3-7-18(13)9-11(2)14(15,16)17/h5-6,8H,2-4,7,9H2,1H3/q-1. The number of anilines is 1. The third-order valence-electron chi connectivity index (χ3n) is 3.31. The second kappa shape index (κ2) is 4.71. The Hall–Kier alpha value is -1.39. The fourth-order valence-electron chi connectivity index (χ4n) is 2.32. The second-order valence-electron chi connectivity index (χ2n) is 4.89. The van der Waals surface area contributed by atoms with E-state index in [9.17, 15) is 12.9 Å². The van der Waals surface area contributed by atoms with Crippen LogP contribution in [-0.4, -0.2) is 20.1 Å². The zero-order valence-corrected chi connectivity index (χ0v) is 10.4. The first-order chi connectivity index (χ1) is 8.38. The van der Waals surface area contributed by atoms with Gasteiger partial charge in [-0.25, -0.2) is 0 Å². The molecule has 0 fully saturated rings. The zero-order valence-electron chi connectivity index (χ0n) is 10.4. The molecule has 1 aliphatic heterocycles. The van der Waals surface area contributed by atoms with Gasteiger partial charge in [0.05, 0.1) is 0 Å². The normalized spacial score (nSPS) is 15.4. The molecule has 0 atom stereocenters. The largest absolute Gasteiger partial charge is 0.506 e. The van der Waals surface area contributed by atoms with Crippen LogP contribution in [0.2, 0.25) is 0 Å². The van der Waals surface area contributed by atoms with Crippen LogP contribution in [0.25, 0.3) is 0 Å². The predicted molar refractivity (Wildman–Crippen MR) is 69.9 cm³/mol. The lowest BCUT2D eigenvalue weighted by Gasteiger charge is -2.34. The van der Waals surface area contributed by atoms with Gasteiger partial charge in [-0.15, -0.1) is 12.1 Å². The first-order valence-corrected chi connectivity index (χ1v) is 6.10. The Morgan fingerprint density at radius 2 is 2.11 bits per heavy atom. The van der Waals surface area contributed by atoms with E-state index in [-0.39, 0.29) is 6.54 Å². The van der Waals surface area contributed by atoms with E-state index in [2.05, 4.69) is 12.6 Å². The summed E-state index contributed by atoms with van der Waals surface area (Å²) in [4.78, 5) is 1.79. The molecule has 0 unspecified atom stereocenters. The highest BCUT2D eigenvalue weighted by atomic mass is 19.4. The third-order valence-corrected chi connectivity index (χ3v) is 3.31. The highest BCUT2D eigenvalue weighted by molar-refractivity contribution is 6.66. The van der Waals surface area contributed by atoms with Crippen LogP contribution in [-0.2, 0) is 6.42 Å². The molecule has 1 heterocycles. The van der Waals surface area contributed by atoms with Crippen LogP contribution in [0.1, 0.15) is 17.5 Å². The SMILES string of the molecule is C=C(CN1CCCc2cc(C)ccc21)[B-](F)(F)F. The summed E-state index contributed by atoms with van der Waals surface area (Å²) in [5.74, 6) is 0. The summed E-state index contributed by atoms with van der Waals surface area (Å²) >= 11 is 0. The molecule has 2 rings (SSSR count). The molecule has 5 heteroatoms. The van der Waals surface area contributed by atoms with E-state index in [4.69, 9.17) is 0 Å². The van der Waals surface area contributed by atoms with Gasteiger partial charge in [0.1, 0.15) is 0 Å². The van der Waals surface area contributed by atoms with E-state index >= 15 is 0 Å². The van der Waals surface area contributed by atoms with Crippen LogP contribution >= 0.6 is 0 Å². The fraction of sp³-hybridized carbons (Fsp3) is 0.385. The van der Waals surface area contributed by atoms with E-state index in [1.165, 1.54) is 0 Å². The number of aryl methyl sites for hydroxylation is 2. The first kappa shape index (κ1) is 13.1. The van der Waals surface area contributed by atoms with Gasteiger partial charge >= 0.3 is 6.98 Å². The summed E-state index contributed by atoms with van der Waals surface area (Å²) in [5.41, 5.74) is 2.59. The number of halogens is 3. The summed E-state index contributed by atoms with van der Waals surface area (Å²) < 4.78 is 37.7.